The Balaban J connectivity index is 2.43. The van der Waals surface area contributed by atoms with Gasteiger partial charge in [0.15, 0.2) is 0 Å². The summed E-state index contributed by atoms with van der Waals surface area (Å²) in [6.45, 7) is 3.60. The molecule has 0 aliphatic rings. The molecule has 0 aliphatic carbocycles. The highest BCUT2D eigenvalue weighted by Crippen LogP contribution is 2.11. The Morgan fingerprint density at radius 3 is 2.93 bits per heavy atom. The van der Waals surface area contributed by atoms with Gasteiger partial charge < -0.3 is 20.1 Å². The van der Waals surface area contributed by atoms with Crippen molar-refractivity contribution in [2.24, 2.45) is 0 Å². The van der Waals surface area contributed by atoms with Crippen LogP contribution in [-0.2, 0) is 11.3 Å². The second-order valence-electron chi connectivity index (χ2n) is 4.04. The minimum absolute atomic E-state index is 0.166. The number of hydrogen-bond donors (Lipinski definition) is 3. The summed E-state index contributed by atoms with van der Waals surface area (Å²) in [6, 6.07) is 2.03. The van der Waals surface area contributed by atoms with E-state index in [0.717, 1.165) is 6.54 Å². The first kappa shape index (κ1) is 12.2. The first-order chi connectivity index (χ1) is 7.20. The summed E-state index contributed by atoms with van der Waals surface area (Å²) in [6.07, 6.45) is 4.54. The molecule has 0 amide bonds. The van der Waals surface area contributed by atoms with E-state index in [4.69, 9.17) is 9.84 Å². The number of methoxy groups -OCH3 is 1. The normalized spacial score (nSPS) is 15.1. The zero-order chi connectivity index (χ0) is 11.1. The van der Waals surface area contributed by atoms with Crippen molar-refractivity contribution in [3.05, 3.63) is 24.0 Å². The molecule has 86 valence electrons. The average Bonchev–Trinajstić information content (AvgIpc) is 2.68. The van der Waals surface area contributed by atoms with Gasteiger partial charge in [-0.2, -0.15) is 0 Å². The second kappa shape index (κ2) is 5.90. The third-order valence-electron chi connectivity index (χ3n) is 2.51. The lowest BCUT2D eigenvalue weighted by atomic mass is 9.99. The summed E-state index contributed by atoms with van der Waals surface area (Å²) in [7, 11) is 1.67. The number of aliphatic hydroxyl groups excluding tert-OH is 1. The fourth-order valence-electron chi connectivity index (χ4n) is 1.56. The molecule has 0 aliphatic heterocycles. The summed E-state index contributed by atoms with van der Waals surface area (Å²) in [5.41, 5.74) is 1.04. The van der Waals surface area contributed by atoms with E-state index in [2.05, 4.69) is 17.2 Å². The van der Waals surface area contributed by atoms with E-state index in [-0.39, 0.29) is 12.1 Å². The molecule has 0 saturated heterocycles. The molecule has 0 saturated carbocycles. The molecule has 15 heavy (non-hydrogen) atoms. The minimum atomic E-state index is -0.166. The van der Waals surface area contributed by atoms with Crippen LogP contribution in [0.4, 0.5) is 0 Å². The van der Waals surface area contributed by atoms with E-state index in [1.807, 2.05) is 18.5 Å². The predicted octanol–water partition coefficient (Wildman–Crippen LogP) is 0.892. The van der Waals surface area contributed by atoms with Gasteiger partial charge in [0.25, 0.3) is 0 Å². The lowest BCUT2D eigenvalue weighted by Crippen LogP contribution is -2.46. The smallest absolute Gasteiger partial charge is 0.0642 e. The lowest BCUT2D eigenvalue weighted by Gasteiger charge is -2.29. The summed E-state index contributed by atoms with van der Waals surface area (Å²) in [5, 5.41) is 12.4. The Kier molecular flexibility index (Phi) is 4.81. The molecule has 4 heteroatoms. The molecule has 4 nitrogen and oxygen atoms in total. The molecule has 3 N–H and O–H groups in total. The van der Waals surface area contributed by atoms with Gasteiger partial charge in [-0.3, -0.25) is 0 Å². The zero-order valence-corrected chi connectivity index (χ0v) is 9.42. The van der Waals surface area contributed by atoms with Crippen molar-refractivity contribution < 1.29 is 9.84 Å². The van der Waals surface area contributed by atoms with Crippen LogP contribution < -0.4 is 5.32 Å². The van der Waals surface area contributed by atoms with Crippen LogP contribution in [0.2, 0.25) is 0 Å². The number of hydrogen-bond acceptors (Lipinski definition) is 3. The van der Waals surface area contributed by atoms with Gasteiger partial charge >= 0.3 is 0 Å². The van der Waals surface area contributed by atoms with Gasteiger partial charge in [-0.05, 0) is 25.0 Å². The molecule has 1 aromatic heterocycles. The van der Waals surface area contributed by atoms with Gasteiger partial charge in [-0.15, -0.1) is 0 Å². The minimum Gasteiger partial charge on any atom is -0.396 e. The van der Waals surface area contributed by atoms with Gasteiger partial charge in [-0.25, -0.2) is 0 Å². The number of rotatable bonds is 7. The van der Waals surface area contributed by atoms with E-state index in [9.17, 15) is 0 Å². The van der Waals surface area contributed by atoms with Crippen molar-refractivity contribution in [2.45, 2.75) is 25.4 Å². The van der Waals surface area contributed by atoms with Gasteiger partial charge in [0, 0.05) is 38.2 Å². The molecule has 0 aromatic carbocycles. The molecular formula is C11H20N2O2. The van der Waals surface area contributed by atoms with Crippen LogP contribution in [0.3, 0.4) is 0 Å². The Morgan fingerprint density at radius 2 is 2.40 bits per heavy atom. The average molecular weight is 212 g/mol. The maximum Gasteiger partial charge on any atom is 0.0642 e. The molecule has 1 atom stereocenters. The highest BCUT2D eigenvalue weighted by Gasteiger charge is 2.22. The molecule has 0 bridgehead atoms. The Bertz CT molecular complexity index is 254. The van der Waals surface area contributed by atoms with Gasteiger partial charge in [-0.1, -0.05) is 0 Å². The fraction of sp³-hybridized carbons (Fsp3) is 0.636. The van der Waals surface area contributed by atoms with Crippen molar-refractivity contribution >= 4 is 0 Å². The summed E-state index contributed by atoms with van der Waals surface area (Å²) in [5.74, 6) is 0. The molecular weight excluding hydrogens is 192 g/mol. The van der Waals surface area contributed by atoms with Crippen LogP contribution in [0.15, 0.2) is 18.5 Å². The summed E-state index contributed by atoms with van der Waals surface area (Å²) < 4.78 is 5.15. The van der Waals surface area contributed by atoms with E-state index in [0.29, 0.717) is 13.0 Å². The third kappa shape index (κ3) is 4.03. The van der Waals surface area contributed by atoms with Crippen LogP contribution in [0.25, 0.3) is 0 Å². The molecule has 0 fully saturated rings. The molecule has 0 spiro atoms. The predicted molar refractivity (Wildman–Crippen MR) is 59.6 cm³/mol. The largest absolute Gasteiger partial charge is 0.396 e. The van der Waals surface area contributed by atoms with E-state index in [1.165, 1.54) is 5.56 Å². The molecule has 1 heterocycles. The molecule has 1 rings (SSSR count). The highest BCUT2D eigenvalue weighted by atomic mass is 16.5. The van der Waals surface area contributed by atoms with Crippen LogP contribution in [0.1, 0.15) is 18.9 Å². The topological polar surface area (TPSA) is 57.3 Å². The van der Waals surface area contributed by atoms with Crippen LogP contribution >= 0.6 is 0 Å². The lowest BCUT2D eigenvalue weighted by molar-refractivity contribution is 0.0970. The van der Waals surface area contributed by atoms with Crippen LogP contribution in [0.5, 0.6) is 0 Å². The van der Waals surface area contributed by atoms with Crippen LogP contribution in [0, 0.1) is 0 Å². The van der Waals surface area contributed by atoms with Gasteiger partial charge in [0.2, 0.25) is 0 Å². The van der Waals surface area contributed by atoms with Crippen molar-refractivity contribution in [1.29, 1.82) is 0 Å². The Hall–Kier alpha value is -0.840. The van der Waals surface area contributed by atoms with E-state index in [1.54, 1.807) is 7.11 Å². The molecule has 0 radical (unpaired) electrons. The van der Waals surface area contributed by atoms with Crippen molar-refractivity contribution in [3.8, 4) is 0 Å². The van der Waals surface area contributed by atoms with Crippen LogP contribution in [-0.4, -0.2) is 36.0 Å². The Morgan fingerprint density at radius 1 is 1.60 bits per heavy atom. The maximum atomic E-state index is 8.98. The second-order valence-corrected chi connectivity index (χ2v) is 4.04. The number of H-pyrrole nitrogens is 1. The summed E-state index contributed by atoms with van der Waals surface area (Å²) in [4.78, 5) is 3.01. The number of aliphatic hydroxyl groups is 1. The third-order valence-corrected chi connectivity index (χ3v) is 2.51. The monoisotopic (exact) mass is 212 g/mol. The first-order valence-electron chi connectivity index (χ1n) is 5.17. The van der Waals surface area contributed by atoms with Crippen molar-refractivity contribution in [1.82, 2.24) is 10.3 Å². The first-order valence-corrected chi connectivity index (χ1v) is 5.17. The number of aromatic amines is 1. The SMILES string of the molecule is COCC(C)(CCO)NCc1cc[nH]c1. The molecule has 1 aromatic rings. The maximum absolute atomic E-state index is 8.98. The molecule has 1 unspecified atom stereocenters. The zero-order valence-electron chi connectivity index (χ0n) is 9.42. The van der Waals surface area contributed by atoms with Crippen molar-refractivity contribution in [2.75, 3.05) is 20.3 Å². The fourth-order valence-corrected chi connectivity index (χ4v) is 1.56. The number of aromatic nitrogens is 1. The quantitative estimate of drug-likeness (QED) is 0.629. The van der Waals surface area contributed by atoms with E-state index >= 15 is 0 Å². The highest BCUT2D eigenvalue weighted by molar-refractivity contribution is 5.08. The van der Waals surface area contributed by atoms with E-state index < -0.39 is 0 Å². The standard InChI is InChI=1S/C11H20N2O2/c1-11(4-6-14,9-15-2)13-8-10-3-5-12-7-10/h3,5,7,12-14H,4,6,8-9H2,1-2H3. The van der Waals surface area contributed by atoms with Gasteiger partial charge in [0.05, 0.1) is 6.61 Å². The number of ether oxygens (including phenoxy) is 1. The number of nitrogens with one attached hydrogen (secondary N) is 2. The summed E-state index contributed by atoms with van der Waals surface area (Å²) >= 11 is 0. The Labute approximate surface area is 90.7 Å². The van der Waals surface area contributed by atoms with Gasteiger partial charge in [0.1, 0.15) is 0 Å². The van der Waals surface area contributed by atoms with Crippen molar-refractivity contribution in [3.63, 3.8) is 0 Å².